The van der Waals surface area contributed by atoms with Crippen LogP contribution in [0.5, 0.6) is 5.75 Å². The average molecular weight is 364 g/mol. The summed E-state index contributed by atoms with van der Waals surface area (Å²) in [6.45, 7) is 0.688. The summed E-state index contributed by atoms with van der Waals surface area (Å²) >= 11 is 7.54. The van der Waals surface area contributed by atoms with Gasteiger partial charge in [0, 0.05) is 17.3 Å². The average Bonchev–Trinajstić information content (AvgIpc) is 2.59. The van der Waals surface area contributed by atoms with Crippen LogP contribution in [-0.2, 0) is 17.0 Å². The summed E-state index contributed by atoms with van der Waals surface area (Å²) in [5.74, 6) is 2.20. The third-order valence-electron chi connectivity index (χ3n) is 3.49. The van der Waals surface area contributed by atoms with E-state index in [4.69, 9.17) is 16.3 Å². The van der Waals surface area contributed by atoms with Gasteiger partial charge in [0.15, 0.2) is 0 Å². The highest BCUT2D eigenvalue weighted by molar-refractivity contribution is 7.99. The number of carbonyl (C=O) groups is 1. The molecule has 24 heavy (non-hydrogen) atoms. The topological polar surface area (TPSA) is 38.3 Å². The SMILES string of the molecule is COc1cccc(CCCNC(=O)CSCc2cccc(Cl)c2)c1. The largest absolute Gasteiger partial charge is 0.497 e. The smallest absolute Gasteiger partial charge is 0.230 e. The summed E-state index contributed by atoms with van der Waals surface area (Å²) < 4.78 is 5.21. The lowest BCUT2D eigenvalue weighted by Crippen LogP contribution is -2.26. The Labute approximate surface area is 152 Å². The van der Waals surface area contributed by atoms with E-state index in [1.54, 1.807) is 18.9 Å². The van der Waals surface area contributed by atoms with Crippen molar-refractivity contribution in [2.45, 2.75) is 18.6 Å². The van der Waals surface area contributed by atoms with Gasteiger partial charge in [0.05, 0.1) is 12.9 Å². The first-order valence-corrected chi connectivity index (χ1v) is 9.42. The van der Waals surface area contributed by atoms with Gasteiger partial charge in [-0.3, -0.25) is 4.79 Å². The highest BCUT2D eigenvalue weighted by atomic mass is 35.5. The minimum absolute atomic E-state index is 0.0765. The number of aryl methyl sites for hydroxylation is 1. The summed E-state index contributed by atoms with van der Waals surface area (Å²) in [6, 6.07) is 15.8. The Morgan fingerprint density at radius 1 is 1.17 bits per heavy atom. The van der Waals surface area contributed by atoms with Gasteiger partial charge < -0.3 is 10.1 Å². The quantitative estimate of drug-likeness (QED) is 0.674. The molecule has 2 aromatic rings. The number of methoxy groups -OCH3 is 1. The molecule has 2 rings (SSSR count). The Morgan fingerprint density at radius 2 is 1.96 bits per heavy atom. The van der Waals surface area contributed by atoms with Crippen LogP contribution in [0.2, 0.25) is 5.02 Å². The monoisotopic (exact) mass is 363 g/mol. The number of hydrogen-bond donors (Lipinski definition) is 1. The molecule has 0 fully saturated rings. The number of halogens is 1. The van der Waals surface area contributed by atoms with Crippen LogP contribution in [0.3, 0.4) is 0 Å². The first-order chi connectivity index (χ1) is 11.7. The highest BCUT2D eigenvalue weighted by Gasteiger charge is 2.02. The van der Waals surface area contributed by atoms with Crippen molar-refractivity contribution in [3.05, 3.63) is 64.7 Å². The van der Waals surface area contributed by atoms with Crippen molar-refractivity contribution in [2.24, 2.45) is 0 Å². The minimum Gasteiger partial charge on any atom is -0.497 e. The van der Waals surface area contributed by atoms with E-state index in [1.165, 1.54) is 5.56 Å². The number of nitrogens with one attached hydrogen (secondary N) is 1. The zero-order valence-corrected chi connectivity index (χ0v) is 15.3. The van der Waals surface area contributed by atoms with Gasteiger partial charge in [-0.25, -0.2) is 0 Å². The van der Waals surface area contributed by atoms with Crippen molar-refractivity contribution in [3.63, 3.8) is 0 Å². The lowest BCUT2D eigenvalue weighted by Gasteiger charge is -2.07. The van der Waals surface area contributed by atoms with Gasteiger partial charge in [-0.05, 0) is 48.2 Å². The van der Waals surface area contributed by atoms with E-state index in [0.29, 0.717) is 12.3 Å². The molecule has 0 aliphatic heterocycles. The maximum atomic E-state index is 11.8. The molecule has 2 aromatic carbocycles. The van der Waals surface area contributed by atoms with Crippen molar-refractivity contribution in [2.75, 3.05) is 19.4 Å². The van der Waals surface area contributed by atoms with Gasteiger partial charge in [0.1, 0.15) is 5.75 Å². The minimum atomic E-state index is 0.0765. The van der Waals surface area contributed by atoms with Crippen LogP contribution in [-0.4, -0.2) is 25.3 Å². The van der Waals surface area contributed by atoms with Gasteiger partial charge in [-0.1, -0.05) is 35.9 Å². The van der Waals surface area contributed by atoms with E-state index in [1.807, 2.05) is 42.5 Å². The summed E-state index contributed by atoms with van der Waals surface area (Å²) in [5, 5.41) is 3.69. The van der Waals surface area contributed by atoms with Crippen LogP contribution in [0.15, 0.2) is 48.5 Å². The zero-order valence-electron chi connectivity index (χ0n) is 13.8. The number of carbonyl (C=O) groups excluding carboxylic acids is 1. The van der Waals surface area contributed by atoms with Crippen molar-refractivity contribution >= 4 is 29.3 Å². The molecule has 0 saturated carbocycles. The second-order valence-electron chi connectivity index (χ2n) is 5.43. The van der Waals surface area contributed by atoms with Crippen molar-refractivity contribution in [1.29, 1.82) is 0 Å². The number of thioether (sulfide) groups is 1. The number of benzene rings is 2. The zero-order chi connectivity index (χ0) is 17.2. The van der Waals surface area contributed by atoms with Crippen LogP contribution in [0.4, 0.5) is 0 Å². The molecule has 0 saturated heterocycles. The lowest BCUT2D eigenvalue weighted by molar-refractivity contribution is -0.118. The summed E-state index contributed by atoms with van der Waals surface area (Å²) in [7, 11) is 1.67. The number of amides is 1. The molecular weight excluding hydrogens is 342 g/mol. The predicted molar refractivity (Wildman–Crippen MR) is 102 cm³/mol. The molecule has 5 heteroatoms. The first kappa shape index (κ1) is 18.7. The molecule has 0 spiro atoms. The summed E-state index contributed by atoms with van der Waals surface area (Å²) in [4.78, 5) is 11.8. The standard InChI is InChI=1S/C19H22ClNO2S/c1-23-18-9-3-5-15(12-18)7-4-10-21-19(22)14-24-13-16-6-2-8-17(20)11-16/h2-3,5-6,8-9,11-12H,4,7,10,13-14H2,1H3,(H,21,22). The molecule has 0 heterocycles. The van der Waals surface area contributed by atoms with Crippen LogP contribution in [0, 0.1) is 0 Å². The van der Waals surface area contributed by atoms with Gasteiger partial charge in [-0.2, -0.15) is 0 Å². The Kier molecular flexibility index (Phi) is 7.99. The van der Waals surface area contributed by atoms with E-state index in [2.05, 4.69) is 11.4 Å². The van der Waals surface area contributed by atoms with E-state index in [9.17, 15) is 4.79 Å². The molecule has 0 bridgehead atoms. The third kappa shape index (κ3) is 6.85. The fourth-order valence-corrected chi connectivity index (χ4v) is 3.31. The van der Waals surface area contributed by atoms with Crippen molar-refractivity contribution < 1.29 is 9.53 Å². The molecule has 3 nitrogen and oxygen atoms in total. The molecule has 0 aliphatic rings. The Bertz CT molecular complexity index is 663. The van der Waals surface area contributed by atoms with E-state index in [0.717, 1.165) is 34.9 Å². The van der Waals surface area contributed by atoms with E-state index < -0.39 is 0 Å². The molecule has 1 amide bonds. The molecule has 1 N–H and O–H groups in total. The van der Waals surface area contributed by atoms with E-state index >= 15 is 0 Å². The Balaban J connectivity index is 1.59. The van der Waals surface area contributed by atoms with Crippen LogP contribution in [0.25, 0.3) is 0 Å². The molecule has 0 radical (unpaired) electrons. The molecule has 0 aliphatic carbocycles. The first-order valence-electron chi connectivity index (χ1n) is 7.89. The molecule has 0 aromatic heterocycles. The molecule has 0 unspecified atom stereocenters. The fourth-order valence-electron chi connectivity index (χ4n) is 2.29. The maximum Gasteiger partial charge on any atom is 0.230 e. The van der Waals surface area contributed by atoms with Crippen LogP contribution in [0.1, 0.15) is 17.5 Å². The normalized spacial score (nSPS) is 10.4. The van der Waals surface area contributed by atoms with Gasteiger partial charge in [0.2, 0.25) is 5.91 Å². The number of hydrogen-bond acceptors (Lipinski definition) is 3. The van der Waals surface area contributed by atoms with Gasteiger partial charge in [-0.15, -0.1) is 11.8 Å². The maximum absolute atomic E-state index is 11.8. The van der Waals surface area contributed by atoms with Crippen molar-refractivity contribution in [3.8, 4) is 5.75 Å². The van der Waals surface area contributed by atoms with Crippen LogP contribution < -0.4 is 10.1 Å². The second-order valence-corrected chi connectivity index (χ2v) is 6.85. The molecular formula is C19H22ClNO2S. The van der Waals surface area contributed by atoms with Gasteiger partial charge >= 0.3 is 0 Å². The molecule has 0 atom stereocenters. The Morgan fingerprint density at radius 3 is 2.75 bits per heavy atom. The summed E-state index contributed by atoms with van der Waals surface area (Å²) in [5.41, 5.74) is 2.36. The van der Waals surface area contributed by atoms with Crippen LogP contribution >= 0.6 is 23.4 Å². The lowest BCUT2D eigenvalue weighted by atomic mass is 10.1. The summed E-state index contributed by atoms with van der Waals surface area (Å²) in [6.07, 6.45) is 1.84. The fraction of sp³-hybridized carbons (Fsp3) is 0.316. The number of rotatable bonds is 9. The predicted octanol–water partition coefficient (Wildman–Crippen LogP) is 4.33. The second kappa shape index (κ2) is 10.3. The van der Waals surface area contributed by atoms with Crippen molar-refractivity contribution in [1.82, 2.24) is 5.32 Å². The molecule has 128 valence electrons. The highest BCUT2D eigenvalue weighted by Crippen LogP contribution is 2.16. The number of ether oxygens (including phenoxy) is 1. The van der Waals surface area contributed by atoms with E-state index in [-0.39, 0.29) is 5.91 Å². The third-order valence-corrected chi connectivity index (χ3v) is 4.73. The Hall–Kier alpha value is -1.65. The van der Waals surface area contributed by atoms with Gasteiger partial charge in [0.25, 0.3) is 0 Å².